The van der Waals surface area contributed by atoms with Crippen LogP contribution in [0.5, 0.6) is 0 Å². The maximum Gasteiger partial charge on any atom is 0.348 e. The summed E-state index contributed by atoms with van der Waals surface area (Å²) in [5.41, 5.74) is 3.62. The molecule has 25 heavy (non-hydrogen) atoms. The molecular formula is C20H23NO3S. The number of ether oxygens (including phenoxy) is 1. The van der Waals surface area contributed by atoms with Gasteiger partial charge in [0.15, 0.2) is 6.61 Å². The van der Waals surface area contributed by atoms with Gasteiger partial charge in [0.25, 0.3) is 5.91 Å². The Morgan fingerprint density at radius 3 is 2.88 bits per heavy atom. The maximum atomic E-state index is 12.2. The topological polar surface area (TPSA) is 55.4 Å². The van der Waals surface area contributed by atoms with E-state index >= 15 is 0 Å². The lowest BCUT2D eigenvalue weighted by Crippen LogP contribution is -2.34. The van der Waals surface area contributed by atoms with Crippen LogP contribution in [0.4, 0.5) is 0 Å². The summed E-state index contributed by atoms with van der Waals surface area (Å²) < 4.78 is 5.19. The van der Waals surface area contributed by atoms with Crippen molar-refractivity contribution in [3.63, 3.8) is 0 Å². The van der Waals surface area contributed by atoms with E-state index in [1.807, 2.05) is 25.1 Å². The van der Waals surface area contributed by atoms with E-state index in [-0.39, 0.29) is 18.6 Å². The Kier molecular flexibility index (Phi) is 5.53. The summed E-state index contributed by atoms with van der Waals surface area (Å²) in [4.78, 5) is 26.0. The molecule has 0 bridgehead atoms. The molecule has 0 saturated heterocycles. The van der Waals surface area contributed by atoms with Gasteiger partial charge in [-0.25, -0.2) is 4.79 Å². The van der Waals surface area contributed by atoms with Gasteiger partial charge in [0.2, 0.25) is 0 Å². The van der Waals surface area contributed by atoms with Gasteiger partial charge in [0.05, 0.1) is 6.04 Å². The molecule has 5 heteroatoms. The molecule has 0 fully saturated rings. The van der Waals surface area contributed by atoms with Crippen molar-refractivity contribution in [1.82, 2.24) is 5.32 Å². The van der Waals surface area contributed by atoms with Crippen LogP contribution in [-0.2, 0) is 22.4 Å². The highest BCUT2D eigenvalue weighted by molar-refractivity contribution is 7.14. The monoisotopic (exact) mass is 357 g/mol. The van der Waals surface area contributed by atoms with Gasteiger partial charge in [-0.2, -0.15) is 0 Å². The first-order valence-electron chi connectivity index (χ1n) is 8.72. The van der Waals surface area contributed by atoms with E-state index in [2.05, 4.69) is 24.4 Å². The molecule has 0 spiro atoms. The number of esters is 1. The van der Waals surface area contributed by atoms with Crippen LogP contribution >= 0.6 is 11.3 Å². The molecule has 2 aromatic rings. The third-order valence-corrected chi connectivity index (χ3v) is 5.71. The van der Waals surface area contributed by atoms with E-state index in [0.717, 1.165) is 36.1 Å². The molecule has 0 saturated carbocycles. The van der Waals surface area contributed by atoms with Gasteiger partial charge in [-0.15, -0.1) is 11.3 Å². The largest absolute Gasteiger partial charge is 0.451 e. The number of carbonyl (C=O) groups excluding carboxylic acids is 2. The fourth-order valence-electron chi connectivity index (χ4n) is 3.31. The zero-order valence-corrected chi connectivity index (χ0v) is 15.4. The van der Waals surface area contributed by atoms with Gasteiger partial charge in [0.1, 0.15) is 4.88 Å². The summed E-state index contributed by atoms with van der Waals surface area (Å²) in [6.45, 7) is 3.81. The van der Waals surface area contributed by atoms with Gasteiger partial charge in [-0.3, -0.25) is 4.79 Å². The molecular weight excluding hydrogens is 334 g/mol. The van der Waals surface area contributed by atoms with Gasteiger partial charge in [0, 0.05) is 4.88 Å². The van der Waals surface area contributed by atoms with Gasteiger partial charge in [-0.1, -0.05) is 31.2 Å². The first kappa shape index (κ1) is 17.7. The smallest absolute Gasteiger partial charge is 0.348 e. The zero-order chi connectivity index (χ0) is 17.8. The minimum absolute atomic E-state index is 0.00632. The molecule has 0 radical (unpaired) electrons. The van der Waals surface area contributed by atoms with E-state index in [1.54, 1.807) is 0 Å². The molecule has 1 heterocycles. The van der Waals surface area contributed by atoms with E-state index in [1.165, 1.54) is 22.5 Å². The van der Waals surface area contributed by atoms with Crippen LogP contribution in [0.3, 0.4) is 0 Å². The van der Waals surface area contributed by atoms with Crippen LogP contribution in [-0.4, -0.2) is 18.5 Å². The second kappa shape index (κ2) is 7.83. The predicted octanol–water partition coefficient (Wildman–Crippen LogP) is 3.97. The number of fused-ring (bicyclic) bond motifs is 1. The molecule has 3 rings (SSSR count). The number of aryl methyl sites for hydroxylation is 3. The molecule has 1 aromatic heterocycles. The Balaban J connectivity index is 1.56. The number of rotatable bonds is 5. The summed E-state index contributed by atoms with van der Waals surface area (Å²) in [6, 6.07) is 10.1. The van der Waals surface area contributed by atoms with Crippen molar-refractivity contribution in [3.8, 4) is 0 Å². The van der Waals surface area contributed by atoms with E-state index in [4.69, 9.17) is 4.74 Å². The van der Waals surface area contributed by atoms with Gasteiger partial charge in [-0.05, 0) is 55.4 Å². The molecule has 132 valence electrons. The summed E-state index contributed by atoms with van der Waals surface area (Å²) in [7, 11) is 0. The van der Waals surface area contributed by atoms with E-state index in [9.17, 15) is 9.59 Å². The molecule has 1 aromatic carbocycles. The zero-order valence-electron chi connectivity index (χ0n) is 14.6. The van der Waals surface area contributed by atoms with Crippen molar-refractivity contribution < 1.29 is 14.3 Å². The predicted molar refractivity (Wildman–Crippen MR) is 99.0 cm³/mol. The highest BCUT2D eigenvalue weighted by Crippen LogP contribution is 2.29. The molecule has 1 aliphatic carbocycles. The minimum Gasteiger partial charge on any atom is -0.451 e. The van der Waals surface area contributed by atoms with Crippen LogP contribution in [0.25, 0.3) is 0 Å². The summed E-state index contributed by atoms with van der Waals surface area (Å²) in [6.07, 6.45) is 3.91. The first-order valence-corrected chi connectivity index (χ1v) is 9.53. The lowest BCUT2D eigenvalue weighted by atomic mass is 9.88. The van der Waals surface area contributed by atoms with Gasteiger partial charge >= 0.3 is 5.97 Å². The summed E-state index contributed by atoms with van der Waals surface area (Å²) in [5, 5.41) is 3.00. The van der Waals surface area contributed by atoms with E-state index in [0.29, 0.717) is 4.88 Å². The lowest BCUT2D eigenvalue weighted by molar-refractivity contribution is -0.125. The third-order valence-electron chi connectivity index (χ3n) is 4.64. The van der Waals surface area contributed by atoms with Crippen molar-refractivity contribution >= 4 is 23.2 Å². The molecule has 1 amide bonds. The average Bonchev–Trinajstić information content (AvgIpc) is 3.01. The van der Waals surface area contributed by atoms with Crippen molar-refractivity contribution in [1.29, 1.82) is 0 Å². The van der Waals surface area contributed by atoms with Crippen LogP contribution in [0.15, 0.2) is 30.3 Å². The number of nitrogens with one attached hydrogen (secondary N) is 1. The highest BCUT2D eigenvalue weighted by atomic mass is 32.1. The number of thiophene rings is 1. The molecule has 0 unspecified atom stereocenters. The van der Waals surface area contributed by atoms with Crippen molar-refractivity contribution in [2.45, 2.75) is 45.6 Å². The van der Waals surface area contributed by atoms with Crippen LogP contribution in [0, 0.1) is 6.92 Å². The number of amides is 1. The fraction of sp³-hybridized carbons (Fsp3) is 0.400. The second-order valence-corrected chi connectivity index (χ2v) is 7.59. The molecule has 0 aliphatic heterocycles. The minimum atomic E-state index is -0.424. The number of hydrogen-bond donors (Lipinski definition) is 1. The average molecular weight is 357 g/mol. The number of benzene rings is 1. The van der Waals surface area contributed by atoms with Crippen LogP contribution in [0.2, 0.25) is 0 Å². The second-order valence-electron chi connectivity index (χ2n) is 6.33. The SMILES string of the molecule is CCc1cc(C(=O)OCC(=O)N[C@H]2CCCc3ccccc32)sc1C. The Hall–Kier alpha value is -2.14. The molecule has 1 atom stereocenters. The number of carbonyl (C=O) groups is 2. The standard InChI is InChI=1S/C20H23NO3S/c1-3-14-11-18(25-13(14)2)20(23)24-12-19(22)21-17-10-6-8-15-7-4-5-9-16(15)17/h4-5,7,9,11,17H,3,6,8,10,12H2,1-2H3,(H,21,22)/t17-/m0/s1. The maximum absolute atomic E-state index is 12.2. The Morgan fingerprint density at radius 1 is 1.32 bits per heavy atom. The molecule has 1 aliphatic rings. The van der Waals surface area contributed by atoms with Crippen molar-refractivity contribution in [3.05, 3.63) is 56.8 Å². The normalized spacial score (nSPS) is 16.2. The Labute approximate surface area is 152 Å². The quantitative estimate of drug-likeness (QED) is 0.824. The van der Waals surface area contributed by atoms with Gasteiger partial charge < -0.3 is 10.1 Å². The molecule has 1 N–H and O–H groups in total. The Bertz CT molecular complexity index is 781. The van der Waals surface area contributed by atoms with Crippen molar-refractivity contribution in [2.75, 3.05) is 6.61 Å². The first-order chi connectivity index (χ1) is 12.1. The van der Waals surface area contributed by atoms with E-state index < -0.39 is 5.97 Å². The third kappa shape index (κ3) is 4.10. The van der Waals surface area contributed by atoms with Crippen LogP contribution in [0.1, 0.15) is 57.0 Å². The number of hydrogen-bond acceptors (Lipinski definition) is 4. The fourth-order valence-corrected chi connectivity index (χ4v) is 4.32. The lowest BCUT2D eigenvalue weighted by Gasteiger charge is -2.26. The van der Waals surface area contributed by atoms with Crippen molar-refractivity contribution in [2.24, 2.45) is 0 Å². The Morgan fingerprint density at radius 2 is 2.12 bits per heavy atom. The summed E-state index contributed by atoms with van der Waals surface area (Å²) in [5.74, 6) is -0.675. The highest BCUT2D eigenvalue weighted by Gasteiger charge is 2.22. The summed E-state index contributed by atoms with van der Waals surface area (Å²) >= 11 is 1.42. The van der Waals surface area contributed by atoms with Crippen LogP contribution < -0.4 is 5.32 Å². The molecule has 4 nitrogen and oxygen atoms in total.